The minimum Gasteiger partial charge on any atom is -0.403 e. The zero-order valence-corrected chi connectivity index (χ0v) is 19.9. The summed E-state index contributed by atoms with van der Waals surface area (Å²) in [5.41, 5.74) is 5.32. The smallest absolute Gasteiger partial charge is 0.317 e. The first-order chi connectivity index (χ1) is 17.7. The number of aryl methyl sites for hydroxylation is 1. The van der Waals surface area contributed by atoms with Crippen molar-refractivity contribution in [3.63, 3.8) is 0 Å². The van der Waals surface area contributed by atoms with Gasteiger partial charge in [-0.3, -0.25) is 14.5 Å². The van der Waals surface area contributed by atoms with Crippen LogP contribution in [0.2, 0.25) is 0 Å². The maximum absolute atomic E-state index is 13.2. The van der Waals surface area contributed by atoms with Crippen LogP contribution in [0.25, 0.3) is 11.5 Å². The third kappa shape index (κ3) is 4.33. The number of rotatable bonds is 5. The van der Waals surface area contributed by atoms with Crippen LogP contribution >= 0.6 is 0 Å². The number of ether oxygens (including phenoxy) is 1. The van der Waals surface area contributed by atoms with Gasteiger partial charge in [-0.2, -0.15) is 5.10 Å². The lowest BCUT2D eigenvalue weighted by atomic mass is 9.94. The van der Waals surface area contributed by atoms with Crippen molar-refractivity contribution in [1.82, 2.24) is 20.0 Å². The molecule has 2 aliphatic heterocycles. The van der Waals surface area contributed by atoms with Gasteiger partial charge >= 0.3 is 6.01 Å². The van der Waals surface area contributed by atoms with Crippen molar-refractivity contribution in [2.45, 2.75) is 31.3 Å². The Balaban J connectivity index is 1.31. The molecule has 0 unspecified atom stereocenters. The van der Waals surface area contributed by atoms with Crippen molar-refractivity contribution in [1.29, 1.82) is 0 Å². The maximum Gasteiger partial charge on any atom is 0.317 e. The number of anilines is 1. The highest BCUT2D eigenvalue weighted by atomic mass is 16.5. The molecule has 9 heteroatoms. The van der Waals surface area contributed by atoms with Gasteiger partial charge in [-0.05, 0) is 18.4 Å². The molecule has 2 aliphatic rings. The monoisotopic (exact) mass is 482 g/mol. The van der Waals surface area contributed by atoms with Gasteiger partial charge in [0.05, 0.1) is 17.0 Å². The highest BCUT2D eigenvalue weighted by Gasteiger charge is 2.29. The van der Waals surface area contributed by atoms with Crippen LogP contribution < -0.4 is 5.32 Å². The lowest BCUT2D eigenvalue weighted by Gasteiger charge is -2.20. The molecule has 9 nitrogen and oxygen atoms in total. The van der Waals surface area contributed by atoms with E-state index >= 15 is 0 Å². The van der Waals surface area contributed by atoms with E-state index in [1.54, 1.807) is 4.68 Å². The summed E-state index contributed by atoms with van der Waals surface area (Å²) in [5.74, 6) is 0.569. The van der Waals surface area contributed by atoms with E-state index in [-0.39, 0.29) is 24.1 Å². The summed E-state index contributed by atoms with van der Waals surface area (Å²) < 4.78 is 13.3. The molecule has 1 atom stereocenters. The van der Waals surface area contributed by atoms with Gasteiger partial charge < -0.3 is 14.5 Å². The predicted octanol–water partition coefficient (Wildman–Crippen LogP) is 3.76. The van der Waals surface area contributed by atoms with Crippen LogP contribution in [0.15, 0.2) is 70.2 Å². The Bertz CT molecular complexity index is 1420. The molecular weight excluding hydrogens is 456 g/mol. The van der Waals surface area contributed by atoms with E-state index in [0.29, 0.717) is 19.1 Å². The molecule has 1 saturated heterocycles. The normalized spacial score (nSPS) is 18.4. The minimum absolute atomic E-state index is 0.0718. The fourth-order valence-corrected chi connectivity index (χ4v) is 4.85. The highest BCUT2D eigenvalue weighted by molar-refractivity contribution is 6.16. The van der Waals surface area contributed by atoms with Crippen LogP contribution in [-0.2, 0) is 23.0 Å². The Kier molecular flexibility index (Phi) is 5.90. The van der Waals surface area contributed by atoms with Crippen molar-refractivity contribution >= 4 is 17.5 Å². The van der Waals surface area contributed by atoms with Crippen LogP contribution in [0.4, 0.5) is 6.01 Å². The second-order valence-corrected chi connectivity index (χ2v) is 9.09. The lowest BCUT2D eigenvalue weighted by Crippen LogP contribution is -2.29. The third-order valence-electron chi connectivity index (χ3n) is 6.63. The molecule has 2 aromatic heterocycles. The Hall–Kier alpha value is -4.11. The van der Waals surface area contributed by atoms with Crippen LogP contribution in [0.1, 0.15) is 41.1 Å². The lowest BCUT2D eigenvalue weighted by molar-refractivity contribution is -0.119. The molecule has 4 aromatic rings. The van der Waals surface area contributed by atoms with Gasteiger partial charge in [0.1, 0.15) is 0 Å². The van der Waals surface area contributed by atoms with E-state index in [1.807, 2.05) is 67.8 Å². The molecule has 0 saturated carbocycles. The molecule has 0 aliphatic carbocycles. The number of fused-ring (bicyclic) bond motifs is 1. The number of benzene rings is 2. The number of carbonyl (C=O) groups excluding carboxylic acids is 1. The number of hydrogen-bond donors (Lipinski definition) is 1. The molecule has 6 rings (SSSR count). The number of aromatic nitrogens is 4. The summed E-state index contributed by atoms with van der Waals surface area (Å²) in [6.45, 7) is 1.43. The highest BCUT2D eigenvalue weighted by Crippen LogP contribution is 2.34. The zero-order valence-electron chi connectivity index (χ0n) is 19.9. The third-order valence-corrected chi connectivity index (χ3v) is 6.63. The zero-order chi connectivity index (χ0) is 24.5. The SMILES string of the molecule is Cn1cc(-c2nnc(N[C@H]3N=C(c4ccccc4)c4ccccc4CC3=O)o2)c(C2CCOCC2)n1. The quantitative estimate of drug-likeness (QED) is 0.461. The number of ketones is 1. The molecule has 36 heavy (non-hydrogen) atoms. The molecule has 2 aromatic carbocycles. The molecule has 182 valence electrons. The number of carbonyl (C=O) groups is 1. The van der Waals surface area contributed by atoms with Gasteiger partial charge in [0.2, 0.25) is 0 Å². The van der Waals surface area contributed by atoms with Crippen molar-refractivity contribution < 1.29 is 13.9 Å². The van der Waals surface area contributed by atoms with Gasteiger partial charge in [-0.25, -0.2) is 0 Å². The van der Waals surface area contributed by atoms with E-state index < -0.39 is 6.17 Å². The van der Waals surface area contributed by atoms with Crippen molar-refractivity contribution in [3.8, 4) is 11.5 Å². The first-order valence-corrected chi connectivity index (χ1v) is 12.1. The van der Waals surface area contributed by atoms with E-state index in [1.165, 1.54) is 0 Å². The Morgan fingerprint density at radius 2 is 1.75 bits per heavy atom. The first-order valence-electron chi connectivity index (χ1n) is 12.1. The summed E-state index contributed by atoms with van der Waals surface area (Å²) in [5, 5.41) is 16.2. The minimum atomic E-state index is -0.857. The summed E-state index contributed by atoms with van der Waals surface area (Å²) in [4.78, 5) is 18.1. The molecule has 4 heterocycles. The van der Waals surface area contributed by atoms with E-state index in [0.717, 1.165) is 46.5 Å². The second-order valence-electron chi connectivity index (χ2n) is 9.09. The molecular formula is C27H26N6O3. The largest absolute Gasteiger partial charge is 0.403 e. The number of Topliss-reactive ketones (excluding diaryl/α,β-unsaturated/α-hetero) is 1. The van der Waals surface area contributed by atoms with E-state index in [4.69, 9.17) is 14.1 Å². The number of nitrogens with one attached hydrogen (secondary N) is 1. The molecule has 1 fully saturated rings. The predicted molar refractivity (Wildman–Crippen MR) is 134 cm³/mol. The maximum atomic E-state index is 13.2. The van der Waals surface area contributed by atoms with Gasteiger partial charge in [0.25, 0.3) is 5.89 Å². The van der Waals surface area contributed by atoms with Crippen LogP contribution in [0, 0.1) is 0 Å². The standard InChI is InChI=1S/C27H26N6O3/c1-33-16-21(24(32-33)18-11-13-35-14-12-18)26-30-31-27(36-26)29-25-22(34)15-19-9-5-6-10-20(19)23(28-25)17-7-3-2-4-8-17/h2-10,16,18,25H,11-15H2,1H3,(H,29,31)/t25-/m1/s1. The van der Waals surface area contributed by atoms with Gasteiger partial charge in [-0.15, -0.1) is 5.10 Å². The van der Waals surface area contributed by atoms with Crippen molar-refractivity contribution in [2.75, 3.05) is 18.5 Å². The summed E-state index contributed by atoms with van der Waals surface area (Å²) in [6.07, 6.45) is 3.09. The van der Waals surface area contributed by atoms with E-state index in [2.05, 4.69) is 20.6 Å². The molecule has 0 spiro atoms. The first kappa shape index (κ1) is 22.4. The van der Waals surface area contributed by atoms with Crippen LogP contribution in [0.5, 0.6) is 0 Å². The molecule has 0 radical (unpaired) electrons. The van der Waals surface area contributed by atoms with Crippen molar-refractivity contribution in [3.05, 3.63) is 83.2 Å². The van der Waals surface area contributed by atoms with Crippen LogP contribution in [0.3, 0.4) is 0 Å². The fourth-order valence-electron chi connectivity index (χ4n) is 4.85. The summed E-state index contributed by atoms with van der Waals surface area (Å²) >= 11 is 0. The average Bonchev–Trinajstić information content (AvgIpc) is 3.51. The summed E-state index contributed by atoms with van der Waals surface area (Å²) in [7, 11) is 1.88. The molecule has 0 bridgehead atoms. The fraction of sp³-hybridized carbons (Fsp3) is 0.296. The number of aliphatic imine (C=N–C) groups is 1. The van der Waals surface area contributed by atoms with Gasteiger partial charge in [0.15, 0.2) is 11.9 Å². The average molecular weight is 483 g/mol. The number of hydrogen-bond acceptors (Lipinski definition) is 8. The number of nitrogens with zero attached hydrogens (tertiary/aromatic N) is 5. The van der Waals surface area contributed by atoms with Crippen molar-refractivity contribution in [2.24, 2.45) is 12.0 Å². The Morgan fingerprint density at radius 3 is 2.58 bits per heavy atom. The molecule has 1 N–H and O–H groups in total. The summed E-state index contributed by atoms with van der Waals surface area (Å²) in [6, 6.07) is 17.9. The van der Waals surface area contributed by atoms with Gasteiger partial charge in [-0.1, -0.05) is 59.7 Å². The Labute approximate surface area is 208 Å². The van der Waals surface area contributed by atoms with Gasteiger partial charge in [0, 0.05) is 49.9 Å². The molecule has 0 amide bonds. The second kappa shape index (κ2) is 9.50. The Morgan fingerprint density at radius 1 is 0.972 bits per heavy atom. The topological polar surface area (TPSA) is 107 Å². The van der Waals surface area contributed by atoms with Crippen LogP contribution in [-0.4, -0.2) is 50.9 Å². The van der Waals surface area contributed by atoms with E-state index in [9.17, 15) is 4.79 Å².